The molecule has 3 nitrogen and oxygen atoms in total. The molecule has 0 bridgehead atoms. The van der Waals surface area contributed by atoms with Crippen LogP contribution in [0.25, 0.3) is 0 Å². The highest BCUT2D eigenvalue weighted by Crippen LogP contribution is 2.63. The summed E-state index contributed by atoms with van der Waals surface area (Å²) in [6.07, 6.45) is 16.9. The molecule has 0 aromatic heterocycles. The van der Waals surface area contributed by atoms with Crippen LogP contribution in [0.1, 0.15) is 39.5 Å². The van der Waals surface area contributed by atoms with Crippen LogP contribution >= 0.6 is 0 Å². The number of ether oxygens (including phenoxy) is 1. The maximum Gasteiger partial charge on any atom is 0.0827 e. The third kappa shape index (κ3) is 1.95. The molecule has 0 aromatic rings. The van der Waals surface area contributed by atoms with Crippen LogP contribution in [0.4, 0.5) is 0 Å². The summed E-state index contributed by atoms with van der Waals surface area (Å²) < 4.78 is 5.84. The van der Waals surface area contributed by atoms with Gasteiger partial charge in [-0.3, -0.25) is 0 Å². The van der Waals surface area contributed by atoms with Crippen molar-refractivity contribution in [3.63, 3.8) is 0 Å². The van der Waals surface area contributed by atoms with Crippen LogP contribution in [0.3, 0.4) is 0 Å². The first-order valence-electron chi connectivity index (χ1n) is 8.93. The Morgan fingerprint density at radius 3 is 2.74 bits per heavy atom. The zero-order chi connectivity index (χ0) is 16.2. The third-order valence-corrected chi connectivity index (χ3v) is 7.47. The fourth-order valence-corrected chi connectivity index (χ4v) is 6.08. The van der Waals surface area contributed by atoms with Gasteiger partial charge in [-0.1, -0.05) is 32.1 Å². The lowest BCUT2D eigenvalue weighted by molar-refractivity contribution is -0.0554. The Balaban J connectivity index is 1.73. The summed E-state index contributed by atoms with van der Waals surface area (Å²) >= 11 is 0. The summed E-state index contributed by atoms with van der Waals surface area (Å²) in [7, 11) is 1.89. The average Bonchev–Trinajstić information content (AvgIpc) is 2.90. The number of nitrogens with zero attached hydrogens (tertiary/aromatic N) is 1. The molecule has 2 saturated carbocycles. The largest absolute Gasteiger partial charge is 0.381 e. The number of hydrogen-bond donors (Lipinski definition) is 1. The van der Waals surface area contributed by atoms with Crippen LogP contribution in [0.15, 0.2) is 41.1 Å². The van der Waals surface area contributed by atoms with Crippen LogP contribution in [0, 0.1) is 28.6 Å². The van der Waals surface area contributed by atoms with Crippen molar-refractivity contribution in [2.75, 3.05) is 7.11 Å². The molecule has 0 heterocycles. The molecule has 0 radical (unpaired) electrons. The van der Waals surface area contributed by atoms with Crippen molar-refractivity contribution in [1.82, 2.24) is 0 Å². The number of allylic oxidation sites excluding steroid dienone is 6. The maximum absolute atomic E-state index is 5.84. The first-order valence-corrected chi connectivity index (χ1v) is 8.93. The quantitative estimate of drug-likeness (QED) is 0.591. The van der Waals surface area contributed by atoms with Crippen molar-refractivity contribution >= 4 is 5.71 Å². The fourth-order valence-electron chi connectivity index (χ4n) is 6.08. The average molecular weight is 312 g/mol. The molecule has 0 saturated heterocycles. The number of nitrogens with two attached hydrogens (primary N) is 1. The van der Waals surface area contributed by atoms with Crippen molar-refractivity contribution in [2.24, 2.45) is 39.5 Å². The van der Waals surface area contributed by atoms with Gasteiger partial charge in [-0.25, -0.2) is 0 Å². The van der Waals surface area contributed by atoms with Crippen molar-refractivity contribution in [3.8, 4) is 0 Å². The smallest absolute Gasteiger partial charge is 0.0827 e. The molecule has 0 aliphatic heterocycles. The molecule has 124 valence electrons. The number of hydrogen-bond acceptors (Lipinski definition) is 3. The molecule has 0 unspecified atom stereocenters. The molecule has 2 N–H and O–H groups in total. The van der Waals surface area contributed by atoms with E-state index < -0.39 is 0 Å². The Hall–Kier alpha value is -1.35. The van der Waals surface area contributed by atoms with Gasteiger partial charge < -0.3 is 10.6 Å². The highest BCUT2D eigenvalue weighted by atomic mass is 16.5. The number of fused-ring (bicyclic) bond motifs is 5. The van der Waals surface area contributed by atoms with Gasteiger partial charge in [-0.15, -0.1) is 0 Å². The minimum atomic E-state index is 0.125. The van der Waals surface area contributed by atoms with E-state index in [0.717, 1.165) is 11.6 Å². The predicted molar refractivity (Wildman–Crippen MR) is 93.9 cm³/mol. The van der Waals surface area contributed by atoms with Gasteiger partial charge in [0.25, 0.3) is 0 Å². The van der Waals surface area contributed by atoms with Crippen LogP contribution < -0.4 is 5.84 Å². The van der Waals surface area contributed by atoms with Gasteiger partial charge in [0.1, 0.15) is 0 Å². The van der Waals surface area contributed by atoms with Gasteiger partial charge >= 0.3 is 0 Å². The number of hydrazone groups is 1. The summed E-state index contributed by atoms with van der Waals surface area (Å²) in [6.45, 7) is 4.86. The SMILES string of the molecule is CO[C@@H]1CC[C@H]2[C@@H]3C=CC4=CC(=NN)C=C[C@]4(C)[C@H]3CC[C@]12C. The molecule has 0 amide bonds. The monoisotopic (exact) mass is 312 g/mol. The van der Waals surface area contributed by atoms with Crippen molar-refractivity contribution in [2.45, 2.75) is 45.6 Å². The molecular formula is C20H28N2O. The minimum absolute atomic E-state index is 0.125. The van der Waals surface area contributed by atoms with Gasteiger partial charge in [0.15, 0.2) is 0 Å². The highest BCUT2D eigenvalue weighted by Gasteiger charge is 2.57. The molecule has 0 spiro atoms. The fraction of sp³-hybridized carbons (Fsp3) is 0.650. The summed E-state index contributed by atoms with van der Waals surface area (Å²) in [6, 6.07) is 0. The lowest BCUT2D eigenvalue weighted by atomic mass is 9.50. The van der Waals surface area contributed by atoms with Gasteiger partial charge in [-0.05, 0) is 66.6 Å². The van der Waals surface area contributed by atoms with E-state index in [9.17, 15) is 0 Å². The lowest BCUT2D eigenvalue weighted by Crippen LogP contribution is -2.49. The number of rotatable bonds is 1. The summed E-state index contributed by atoms with van der Waals surface area (Å²) in [5.41, 5.74) is 2.72. The highest BCUT2D eigenvalue weighted by molar-refractivity contribution is 6.06. The molecule has 4 rings (SSSR count). The minimum Gasteiger partial charge on any atom is -0.381 e. The Bertz CT molecular complexity index is 632. The molecule has 6 atom stereocenters. The van der Waals surface area contributed by atoms with Crippen LogP contribution in [-0.2, 0) is 4.74 Å². The van der Waals surface area contributed by atoms with Crippen molar-refractivity contribution < 1.29 is 4.74 Å². The normalized spacial score (nSPS) is 49.5. The first kappa shape index (κ1) is 15.2. The molecule has 4 aliphatic rings. The predicted octanol–water partition coefficient (Wildman–Crippen LogP) is 3.83. The van der Waals surface area contributed by atoms with Gasteiger partial charge in [0.2, 0.25) is 0 Å². The molecular weight excluding hydrogens is 284 g/mol. The van der Waals surface area contributed by atoms with E-state index in [1.807, 2.05) is 7.11 Å². The second kappa shape index (κ2) is 5.07. The zero-order valence-corrected chi connectivity index (χ0v) is 14.5. The Morgan fingerprint density at radius 1 is 1.17 bits per heavy atom. The second-order valence-electron chi connectivity index (χ2n) is 8.27. The first-order chi connectivity index (χ1) is 11.0. The third-order valence-electron chi connectivity index (χ3n) is 7.47. The topological polar surface area (TPSA) is 47.6 Å². The second-order valence-corrected chi connectivity index (χ2v) is 8.27. The number of methoxy groups -OCH3 is 1. The van der Waals surface area contributed by atoms with Crippen molar-refractivity contribution in [1.29, 1.82) is 0 Å². The Morgan fingerprint density at radius 2 is 2.00 bits per heavy atom. The van der Waals surface area contributed by atoms with E-state index in [-0.39, 0.29) is 5.41 Å². The molecule has 4 aliphatic carbocycles. The van der Waals surface area contributed by atoms with Gasteiger partial charge in [0.05, 0.1) is 11.8 Å². The van der Waals surface area contributed by atoms with E-state index >= 15 is 0 Å². The van der Waals surface area contributed by atoms with E-state index in [0.29, 0.717) is 23.4 Å². The molecule has 3 heteroatoms. The van der Waals surface area contributed by atoms with Crippen LogP contribution in [-0.4, -0.2) is 18.9 Å². The summed E-state index contributed by atoms with van der Waals surface area (Å²) in [5.74, 6) is 7.57. The van der Waals surface area contributed by atoms with E-state index in [2.05, 4.69) is 49.3 Å². The van der Waals surface area contributed by atoms with Gasteiger partial charge in [-0.2, -0.15) is 5.10 Å². The standard InChI is InChI=1S/C20H28N2O/c1-19-10-8-14(22-21)12-13(19)4-5-15-16-6-7-18(23-3)20(16,2)11-9-17(15)19/h4-5,8,10,12,15-18H,6-7,9,11,21H2,1-3H3/t15-,16-,17-,18+,19-,20-/m0/s1. The van der Waals surface area contributed by atoms with Crippen molar-refractivity contribution in [3.05, 3.63) is 36.0 Å². The van der Waals surface area contributed by atoms with E-state index in [1.165, 1.54) is 31.3 Å². The summed E-state index contributed by atoms with van der Waals surface area (Å²) in [4.78, 5) is 0. The van der Waals surface area contributed by atoms with Gasteiger partial charge in [0, 0.05) is 12.5 Å². The lowest BCUT2D eigenvalue weighted by Gasteiger charge is -2.54. The summed E-state index contributed by atoms with van der Waals surface area (Å²) in [5, 5.41) is 3.86. The molecule has 0 aromatic carbocycles. The Kier molecular flexibility index (Phi) is 3.35. The molecule has 2 fully saturated rings. The molecule has 23 heavy (non-hydrogen) atoms. The maximum atomic E-state index is 5.84. The zero-order valence-electron chi connectivity index (χ0n) is 14.5. The van der Waals surface area contributed by atoms with E-state index in [1.54, 1.807) is 0 Å². The Labute approximate surface area is 139 Å². The van der Waals surface area contributed by atoms with E-state index in [4.69, 9.17) is 10.6 Å². The van der Waals surface area contributed by atoms with Crippen LogP contribution in [0.5, 0.6) is 0 Å². The van der Waals surface area contributed by atoms with Crippen LogP contribution in [0.2, 0.25) is 0 Å².